The first-order valence-electron chi connectivity index (χ1n) is 7.87. The molecule has 1 N–H and O–H groups in total. The minimum absolute atomic E-state index is 0.136. The van der Waals surface area contributed by atoms with Crippen LogP contribution < -0.4 is 5.56 Å². The molecule has 0 fully saturated rings. The third-order valence-corrected chi connectivity index (χ3v) is 4.16. The van der Waals surface area contributed by atoms with Crippen LogP contribution in [0.3, 0.4) is 0 Å². The van der Waals surface area contributed by atoms with E-state index in [1.807, 2.05) is 30.3 Å². The molecule has 7 nitrogen and oxygen atoms in total. The molecular formula is C18H18N2O5. The minimum atomic E-state index is -0.549. The van der Waals surface area contributed by atoms with E-state index in [4.69, 9.17) is 9.47 Å². The Hall–Kier alpha value is -3.09. The van der Waals surface area contributed by atoms with Crippen LogP contribution in [0.1, 0.15) is 27.0 Å². The Morgan fingerprint density at radius 1 is 1.20 bits per heavy atom. The molecule has 1 aliphatic rings. The van der Waals surface area contributed by atoms with Crippen molar-refractivity contribution in [3.8, 4) is 0 Å². The number of ether oxygens (including phenoxy) is 2. The van der Waals surface area contributed by atoms with E-state index in [-0.39, 0.29) is 24.3 Å². The monoisotopic (exact) mass is 342 g/mol. The van der Waals surface area contributed by atoms with E-state index in [0.29, 0.717) is 24.1 Å². The highest BCUT2D eigenvalue weighted by molar-refractivity contribution is 5.91. The maximum Gasteiger partial charge on any atom is 0.410 e. The second-order valence-electron chi connectivity index (χ2n) is 5.69. The van der Waals surface area contributed by atoms with Crippen molar-refractivity contribution in [1.29, 1.82) is 0 Å². The molecule has 130 valence electrons. The number of methoxy groups -OCH3 is 1. The van der Waals surface area contributed by atoms with Crippen molar-refractivity contribution >= 4 is 12.1 Å². The van der Waals surface area contributed by atoms with Gasteiger partial charge in [-0.15, -0.1) is 0 Å². The fourth-order valence-corrected chi connectivity index (χ4v) is 2.83. The summed E-state index contributed by atoms with van der Waals surface area (Å²) in [6.07, 6.45) is 1.20. The number of benzene rings is 1. The summed E-state index contributed by atoms with van der Waals surface area (Å²) in [5.41, 5.74) is 1.92. The summed E-state index contributed by atoms with van der Waals surface area (Å²) in [6, 6.07) is 9.37. The van der Waals surface area contributed by atoms with Gasteiger partial charge in [0.1, 0.15) is 6.61 Å². The normalized spacial score (nSPS) is 13.1. The summed E-state index contributed by atoms with van der Waals surface area (Å²) >= 11 is 0. The van der Waals surface area contributed by atoms with Crippen LogP contribution in [0.2, 0.25) is 0 Å². The van der Waals surface area contributed by atoms with Gasteiger partial charge in [0.2, 0.25) is 0 Å². The highest BCUT2D eigenvalue weighted by Crippen LogP contribution is 2.21. The fraction of sp³-hybridized carbons (Fsp3) is 0.278. The Balaban J connectivity index is 1.76. The predicted molar refractivity (Wildman–Crippen MR) is 89.1 cm³/mol. The first-order valence-corrected chi connectivity index (χ1v) is 7.87. The number of carbonyl (C=O) groups is 2. The number of pyridine rings is 1. The number of aromatic nitrogens is 1. The van der Waals surface area contributed by atoms with Crippen LogP contribution >= 0.6 is 0 Å². The third kappa shape index (κ3) is 3.55. The van der Waals surface area contributed by atoms with Crippen LogP contribution in [0, 0.1) is 0 Å². The van der Waals surface area contributed by atoms with E-state index >= 15 is 0 Å². The zero-order valence-electron chi connectivity index (χ0n) is 13.8. The molecule has 0 aliphatic carbocycles. The van der Waals surface area contributed by atoms with E-state index in [9.17, 15) is 14.4 Å². The average Bonchev–Trinajstić information content (AvgIpc) is 2.66. The van der Waals surface area contributed by atoms with Crippen molar-refractivity contribution in [2.45, 2.75) is 19.6 Å². The molecule has 0 bridgehead atoms. The van der Waals surface area contributed by atoms with Crippen LogP contribution in [-0.2, 0) is 29.0 Å². The first kappa shape index (κ1) is 16.8. The largest absolute Gasteiger partial charge is 0.465 e. The quantitative estimate of drug-likeness (QED) is 0.860. The van der Waals surface area contributed by atoms with Crippen molar-refractivity contribution in [3.63, 3.8) is 0 Å². The van der Waals surface area contributed by atoms with Crippen LogP contribution in [0.15, 0.2) is 41.3 Å². The van der Waals surface area contributed by atoms with Gasteiger partial charge in [-0.05, 0) is 17.5 Å². The van der Waals surface area contributed by atoms with Crippen LogP contribution in [0.25, 0.3) is 0 Å². The molecule has 0 atom stereocenters. The van der Waals surface area contributed by atoms with E-state index in [0.717, 1.165) is 5.56 Å². The Morgan fingerprint density at radius 3 is 2.68 bits per heavy atom. The second kappa shape index (κ2) is 7.21. The van der Waals surface area contributed by atoms with Crippen molar-refractivity contribution in [1.82, 2.24) is 9.88 Å². The second-order valence-corrected chi connectivity index (χ2v) is 5.69. The van der Waals surface area contributed by atoms with Crippen molar-refractivity contribution in [2.24, 2.45) is 0 Å². The smallest absolute Gasteiger partial charge is 0.410 e. The molecule has 0 radical (unpaired) electrons. The molecule has 1 aromatic carbocycles. The maximum absolute atomic E-state index is 12.3. The van der Waals surface area contributed by atoms with Crippen LogP contribution in [-0.4, -0.2) is 35.6 Å². The van der Waals surface area contributed by atoms with E-state index in [1.165, 1.54) is 18.2 Å². The number of carbonyl (C=O) groups excluding carboxylic acids is 2. The molecule has 3 rings (SSSR count). The molecule has 25 heavy (non-hydrogen) atoms. The molecule has 2 heterocycles. The molecule has 2 aromatic rings. The lowest BCUT2D eigenvalue weighted by Gasteiger charge is -2.28. The van der Waals surface area contributed by atoms with Crippen molar-refractivity contribution in [3.05, 3.63) is 69.1 Å². The van der Waals surface area contributed by atoms with Gasteiger partial charge in [-0.2, -0.15) is 0 Å². The van der Waals surface area contributed by atoms with Crippen LogP contribution in [0.4, 0.5) is 4.79 Å². The molecule has 1 aromatic heterocycles. The Labute approximate surface area is 144 Å². The molecule has 0 unspecified atom stereocenters. The fourth-order valence-electron chi connectivity index (χ4n) is 2.83. The summed E-state index contributed by atoms with van der Waals surface area (Å²) in [5, 5.41) is 0. The van der Waals surface area contributed by atoms with Gasteiger partial charge in [-0.25, -0.2) is 9.59 Å². The number of esters is 1. The lowest BCUT2D eigenvalue weighted by Crippen LogP contribution is -2.39. The van der Waals surface area contributed by atoms with Crippen molar-refractivity contribution in [2.75, 3.05) is 13.7 Å². The van der Waals surface area contributed by atoms with Gasteiger partial charge < -0.3 is 19.4 Å². The molecule has 1 amide bonds. The van der Waals surface area contributed by atoms with Crippen LogP contribution in [0.5, 0.6) is 0 Å². The highest BCUT2D eigenvalue weighted by atomic mass is 16.6. The molecule has 0 saturated heterocycles. The molecule has 7 heteroatoms. The number of fused-ring (bicyclic) bond motifs is 1. The summed E-state index contributed by atoms with van der Waals surface area (Å²) in [6.45, 7) is 0.661. The maximum atomic E-state index is 12.3. The minimum Gasteiger partial charge on any atom is -0.465 e. The first-order chi connectivity index (χ1) is 12.1. The highest BCUT2D eigenvalue weighted by Gasteiger charge is 2.28. The number of hydrogen-bond donors (Lipinski definition) is 1. The molecule has 0 spiro atoms. The van der Waals surface area contributed by atoms with Gasteiger partial charge in [0.05, 0.1) is 19.2 Å². The topological polar surface area (TPSA) is 88.7 Å². The van der Waals surface area contributed by atoms with Gasteiger partial charge >= 0.3 is 12.1 Å². The van der Waals surface area contributed by atoms with Gasteiger partial charge in [-0.3, -0.25) is 4.79 Å². The summed E-state index contributed by atoms with van der Waals surface area (Å²) < 4.78 is 10.1. The molecule has 0 saturated carbocycles. The molecular weight excluding hydrogens is 324 g/mol. The lowest BCUT2D eigenvalue weighted by atomic mass is 9.97. The Bertz CT molecular complexity index is 844. The number of amides is 1. The van der Waals surface area contributed by atoms with Gasteiger partial charge in [0.25, 0.3) is 5.56 Å². The Kier molecular flexibility index (Phi) is 4.83. The Morgan fingerprint density at radius 2 is 1.96 bits per heavy atom. The summed E-state index contributed by atoms with van der Waals surface area (Å²) in [4.78, 5) is 40.2. The zero-order chi connectivity index (χ0) is 17.8. The number of nitrogens with one attached hydrogen (secondary N) is 1. The number of rotatable bonds is 3. The summed E-state index contributed by atoms with van der Waals surface area (Å²) in [7, 11) is 1.27. The molecule has 1 aliphatic heterocycles. The number of hydrogen-bond acceptors (Lipinski definition) is 5. The zero-order valence-corrected chi connectivity index (χ0v) is 13.8. The average molecular weight is 342 g/mol. The van der Waals surface area contributed by atoms with Gasteiger partial charge in [0.15, 0.2) is 0 Å². The van der Waals surface area contributed by atoms with Gasteiger partial charge in [-0.1, -0.05) is 30.3 Å². The lowest BCUT2D eigenvalue weighted by molar-refractivity contribution is 0.0593. The predicted octanol–water partition coefficient (Wildman–Crippen LogP) is 1.86. The summed E-state index contributed by atoms with van der Waals surface area (Å²) in [5.74, 6) is -0.549. The third-order valence-electron chi connectivity index (χ3n) is 4.16. The van der Waals surface area contributed by atoms with Gasteiger partial charge in [0, 0.05) is 18.3 Å². The van der Waals surface area contributed by atoms with E-state index < -0.39 is 12.1 Å². The number of nitrogens with zero attached hydrogens (tertiary/aromatic N) is 1. The standard InChI is InChI=1S/C18H18N2O5/c1-24-17(22)14-9-19-16(21)13-7-8-20(10-15(13)14)18(23)25-11-12-5-3-2-4-6-12/h2-6,9H,7-8,10-11H2,1H3,(H,19,21). The van der Waals surface area contributed by atoms with E-state index in [1.54, 1.807) is 0 Å². The number of aromatic amines is 1. The van der Waals surface area contributed by atoms with Crippen molar-refractivity contribution < 1.29 is 19.1 Å². The SMILES string of the molecule is COC(=O)c1c[nH]c(=O)c2c1CN(C(=O)OCc1ccccc1)CC2. The van der Waals surface area contributed by atoms with E-state index in [2.05, 4.69) is 4.98 Å². The number of H-pyrrole nitrogens is 1.